The van der Waals surface area contributed by atoms with Crippen LogP contribution in [-0.2, 0) is 9.47 Å². The molecule has 0 bridgehead atoms. The van der Waals surface area contributed by atoms with Crippen LogP contribution in [0.1, 0.15) is 41.4 Å². The van der Waals surface area contributed by atoms with Gasteiger partial charge in [0.15, 0.2) is 24.8 Å². The average Bonchev–Trinajstić information content (AvgIpc) is 2.99. The summed E-state index contributed by atoms with van der Waals surface area (Å²) in [5.41, 5.74) is 0.303. The molecule has 0 atom stereocenters. The van der Waals surface area contributed by atoms with E-state index in [0.717, 1.165) is 26.8 Å². The molecule has 0 spiro atoms. The molecular weight excluding hydrogens is 694 g/mol. The van der Waals surface area contributed by atoms with Crippen LogP contribution in [0, 0.1) is 10.1 Å². The zero-order valence-corrected chi connectivity index (χ0v) is 25.4. The lowest BCUT2D eigenvalue weighted by atomic mass is 10.1. The van der Waals surface area contributed by atoms with Crippen LogP contribution in [0.3, 0.4) is 0 Å². The van der Waals surface area contributed by atoms with Gasteiger partial charge in [-0.2, -0.15) is 0 Å². The van der Waals surface area contributed by atoms with E-state index in [9.17, 15) is 29.3 Å². The third-order valence-corrected chi connectivity index (χ3v) is 7.93. The normalized spacial score (nSPS) is 10.5. The highest BCUT2D eigenvalue weighted by molar-refractivity contribution is 9.10. The number of non-ortho nitro benzene ring substituents is 1. The number of nitro groups is 1. The van der Waals surface area contributed by atoms with Crippen LogP contribution >= 0.6 is 43.6 Å². The fourth-order valence-corrected chi connectivity index (χ4v) is 5.14. The molecule has 0 heterocycles. The Morgan fingerprint density at radius 1 is 0.667 bits per heavy atom. The second-order valence-electron chi connectivity index (χ2n) is 8.55. The first-order chi connectivity index (χ1) is 20.1. The number of nitrogens with zero attached hydrogens (tertiary/aromatic N) is 1. The van der Waals surface area contributed by atoms with E-state index in [4.69, 9.17) is 9.47 Å². The topological polar surface area (TPSA) is 130 Å². The first kappa shape index (κ1) is 30.8. The molecule has 0 aliphatic heterocycles. The highest BCUT2D eigenvalue weighted by atomic mass is 79.9. The van der Waals surface area contributed by atoms with Gasteiger partial charge < -0.3 is 9.47 Å². The number of carbonyl (C=O) groups is 4. The molecule has 0 unspecified atom stereocenters. The smallest absolute Gasteiger partial charge is 0.339 e. The highest BCUT2D eigenvalue weighted by Crippen LogP contribution is 2.35. The Morgan fingerprint density at radius 2 is 1.14 bits per heavy atom. The van der Waals surface area contributed by atoms with E-state index >= 15 is 0 Å². The molecule has 0 amide bonds. The Hall–Kier alpha value is -4.13. The number of hydrogen-bond donors (Lipinski definition) is 0. The first-order valence-electron chi connectivity index (χ1n) is 12.1. The Labute approximate surface area is 260 Å². The summed E-state index contributed by atoms with van der Waals surface area (Å²) >= 11 is 7.56. The van der Waals surface area contributed by atoms with Crippen LogP contribution in [-0.4, -0.2) is 41.6 Å². The van der Waals surface area contributed by atoms with E-state index in [-0.39, 0.29) is 27.5 Å². The first-order valence-corrected chi connectivity index (χ1v) is 14.5. The molecule has 9 nitrogen and oxygen atoms in total. The summed E-state index contributed by atoms with van der Waals surface area (Å²) in [6.07, 6.45) is 0. The molecule has 0 radical (unpaired) electrons. The van der Waals surface area contributed by atoms with E-state index in [1.165, 1.54) is 18.2 Å². The third-order valence-electron chi connectivity index (χ3n) is 5.72. The summed E-state index contributed by atoms with van der Waals surface area (Å²) in [6.45, 7) is -1.07. The maximum absolute atomic E-state index is 13.0. The molecule has 0 aliphatic rings. The van der Waals surface area contributed by atoms with Gasteiger partial charge in [-0.25, -0.2) is 9.59 Å². The van der Waals surface area contributed by atoms with Crippen LogP contribution in [0.15, 0.2) is 110 Å². The minimum absolute atomic E-state index is 0.120. The summed E-state index contributed by atoms with van der Waals surface area (Å²) in [6, 6.07) is 23.1. The minimum atomic E-state index is -0.952. The van der Waals surface area contributed by atoms with Crippen molar-refractivity contribution in [2.45, 2.75) is 9.79 Å². The Morgan fingerprint density at radius 3 is 1.67 bits per heavy atom. The van der Waals surface area contributed by atoms with Crippen LogP contribution in [0.2, 0.25) is 0 Å². The van der Waals surface area contributed by atoms with Gasteiger partial charge >= 0.3 is 11.9 Å². The summed E-state index contributed by atoms with van der Waals surface area (Å²) in [4.78, 5) is 62.3. The number of esters is 2. The predicted molar refractivity (Wildman–Crippen MR) is 161 cm³/mol. The number of halogens is 2. The lowest BCUT2D eigenvalue weighted by Crippen LogP contribution is -2.15. The molecule has 0 fully saturated rings. The molecule has 42 heavy (non-hydrogen) atoms. The van der Waals surface area contributed by atoms with Crippen molar-refractivity contribution < 1.29 is 33.6 Å². The quantitative estimate of drug-likeness (QED) is 0.0678. The second kappa shape index (κ2) is 14.2. The van der Waals surface area contributed by atoms with Crippen molar-refractivity contribution in [3.05, 3.63) is 132 Å². The van der Waals surface area contributed by atoms with Crippen LogP contribution in [0.25, 0.3) is 0 Å². The van der Waals surface area contributed by atoms with E-state index in [0.29, 0.717) is 16.0 Å². The molecule has 0 N–H and O–H groups in total. The molecule has 4 rings (SSSR count). The van der Waals surface area contributed by atoms with Crippen molar-refractivity contribution in [1.29, 1.82) is 0 Å². The monoisotopic (exact) mass is 711 g/mol. The molecule has 0 saturated heterocycles. The Bertz CT molecular complexity index is 1670. The van der Waals surface area contributed by atoms with E-state index in [1.807, 2.05) is 0 Å². The molecule has 12 heteroatoms. The van der Waals surface area contributed by atoms with Gasteiger partial charge in [0.2, 0.25) is 0 Å². The number of Topliss-reactive ketones (excluding diaryl/α,β-unsaturated/α-hetero) is 2. The number of nitro benzene ring substituents is 1. The Balaban J connectivity index is 1.52. The maximum Gasteiger partial charge on any atom is 0.339 e. The van der Waals surface area contributed by atoms with Gasteiger partial charge in [0.25, 0.3) is 5.69 Å². The van der Waals surface area contributed by atoms with Gasteiger partial charge in [0.1, 0.15) is 0 Å². The lowest BCUT2D eigenvalue weighted by molar-refractivity contribution is -0.384. The molecule has 0 aliphatic carbocycles. The van der Waals surface area contributed by atoms with Gasteiger partial charge in [-0.1, -0.05) is 80.0 Å². The summed E-state index contributed by atoms with van der Waals surface area (Å²) in [5.74, 6) is -2.57. The number of benzene rings is 4. The van der Waals surface area contributed by atoms with Crippen molar-refractivity contribution in [3.63, 3.8) is 0 Å². The summed E-state index contributed by atoms with van der Waals surface area (Å²) < 4.78 is 12.0. The highest BCUT2D eigenvalue weighted by Gasteiger charge is 2.22. The van der Waals surface area contributed by atoms with Crippen LogP contribution < -0.4 is 0 Å². The molecule has 0 saturated carbocycles. The number of carbonyl (C=O) groups excluding carboxylic acids is 4. The van der Waals surface area contributed by atoms with Crippen LogP contribution in [0.5, 0.6) is 0 Å². The third kappa shape index (κ3) is 7.99. The van der Waals surface area contributed by atoms with Gasteiger partial charge in [-0.3, -0.25) is 19.7 Å². The van der Waals surface area contributed by atoms with Gasteiger partial charge in [0.05, 0.1) is 16.1 Å². The average molecular weight is 713 g/mol. The second-order valence-corrected chi connectivity index (χ2v) is 11.5. The number of ketones is 2. The van der Waals surface area contributed by atoms with Gasteiger partial charge in [-0.15, -0.1) is 0 Å². The molecule has 212 valence electrons. The number of hydrogen-bond acceptors (Lipinski definition) is 9. The fraction of sp³-hybridized carbons (Fsp3) is 0.0667. The zero-order valence-electron chi connectivity index (χ0n) is 21.5. The van der Waals surface area contributed by atoms with E-state index < -0.39 is 35.9 Å². The SMILES string of the molecule is O=C(COC(=O)c1ccccc1Sc1ccc([N+](=O)[O-])cc1C(=O)OCC(=O)c1ccc(Br)cc1)c1ccc(Br)cc1. The Kier molecular flexibility index (Phi) is 10.4. The van der Waals surface area contributed by atoms with E-state index in [2.05, 4.69) is 31.9 Å². The zero-order chi connectivity index (χ0) is 30.2. The number of ether oxygens (including phenoxy) is 2. The van der Waals surface area contributed by atoms with Crippen molar-refractivity contribution in [3.8, 4) is 0 Å². The van der Waals surface area contributed by atoms with Crippen molar-refractivity contribution >= 4 is 72.8 Å². The molecule has 4 aromatic carbocycles. The largest absolute Gasteiger partial charge is 0.454 e. The van der Waals surface area contributed by atoms with Crippen molar-refractivity contribution in [2.75, 3.05) is 13.2 Å². The summed E-state index contributed by atoms with van der Waals surface area (Å²) in [7, 11) is 0. The molecular formula is C30H19Br2NO8S. The number of rotatable bonds is 11. The van der Waals surface area contributed by atoms with Crippen molar-refractivity contribution in [1.82, 2.24) is 0 Å². The van der Waals surface area contributed by atoms with Gasteiger partial charge in [-0.05, 0) is 42.5 Å². The minimum Gasteiger partial charge on any atom is -0.454 e. The molecule has 4 aromatic rings. The fourth-order valence-electron chi connectivity index (χ4n) is 3.58. The maximum atomic E-state index is 13.0. The summed E-state index contributed by atoms with van der Waals surface area (Å²) in [5, 5.41) is 11.4. The lowest BCUT2D eigenvalue weighted by Gasteiger charge is -2.12. The predicted octanol–water partition coefficient (Wildman–Crippen LogP) is 7.35. The van der Waals surface area contributed by atoms with Crippen LogP contribution in [0.4, 0.5) is 5.69 Å². The van der Waals surface area contributed by atoms with E-state index in [1.54, 1.807) is 66.7 Å². The standard InChI is InChI=1S/C30H19Br2NO8S/c31-20-9-5-18(6-10-20)25(34)16-40-29(36)23-3-1-2-4-27(23)42-28-14-13-22(33(38)39)15-24(28)30(37)41-17-26(35)19-7-11-21(32)12-8-19/h1-15H,16-17H2. The van der Waals surface area contributed by atoms with Crippen molar-refractivity contribution in [2.24, 2.45) is 0 Å². The molecule has 0 aromatic heterocycles. The van der Waals surface area contributed by atoms with Gasteiger partial charge in [0, 0.05) is 42.0 Å².